The molecule has 2 N–H and O–H groups in total. The summed E-state index contributed by atoms with van der Waals surface area (Å²) in [5.41, 5.74) is 1.50. The largest absolute Gasteiger partial charge is 0.493 e. The lowest BCUT2D eigenvalue weighted by Crippen LogP contribution is -2.54. The number of aryl methyl sites for hydroxylation is 1. The molecular weight excluding hydrogens is 517 g/mol. The topological polar surface area (TPSA) is 114 Å². The number of rotatable bonds is 7. The molecule has 0 bridgehead atoms. The Labute approximate surface area is 221 Å². The zero-order valence-corrected chi connectivity index (χ0v) is 21.0. The highest BCUT2D eigenvalue weighted by atomic mass is 35.5. The molecule has 3 aromatic carbocycles. The summed E-state index contributed by atoms with van der Waals surface area (Å²) in [7, 11) is 1.39. The first kappa shape index (κ1) is 26.4. The first-order chi connectivity index (χ1) is 18.2. The third-order valence-electron chi connectivity index (χ3n) is 5.50. The summed E-state index contributed by atoms with van der Waals surface area (Å²) in [5.74, 6) is -2.12. The van der Waals surface area contributed by atoms with Crippen molar-refractivity contribution >= 4 is 52.8 Å². The Morgan fingerprint density at radius 3 is 2.47 bits per heavy atom. The standard InChI is InChI=1S/C27H21ClFN3O6/c1-15-3-9-19(13-21(15)28)32-26(35)20(25(34)31-27(32)36)11-16-4-10-22(23(12-16)37-2)38-14-24(33)30-18-7-5-17(29)6-8-18/h3-13H,14H2,1-2H3,(H,30,33)(H,31,34,36)/b20-11+. The van der Waals surface area contributed by atoms with Crippen molar-refractivity contribution in [2.24, 2.45) is 0 Å². The van der Waals surface area contributed by atoms with Crippen LogP contribution in [-0.2, 0) is 14.4 Å². The Balaban J connectivity index is 1.51. The predicted molar refractivity (Wildman–Crippen MR) is 139 cm³/mol. The van der Waals surface area contributed by atoms with Gasteiger partial charge in [-0.15, -0.1) is 0 Å². The second-order valence-electron chi connectivity index (χ2n) is 8.15. The molecular formula is C27H21ClFN3O6. The van der Waals surface area contributed by atoms with E-state index in [1.54, 1.807) is 25.1 Å². The van der Waals surface area contributed by atoms with E-state index in [9.17, 15) is 23.6 Å². The molecule has 1 aliphatic rings. The van der Waals surface area contributed by atoms with Crippen LogP contribution in [0.25, 0.3) is 6.08 Å². The maximum absolute atomic E-state index is 13.1. The highest BCUT2D eigenvalue weighted by molar-refractivity contribution is 6.39. The summed E-state index contributed by atoms with van der Waals surface area (Å²) in [4.78, 5) is 51.1. The summed E-state index contributed by atoms with van der Waals surface area (Å²) in [6, 6.07) is 13.6. The van der Waals surface area contributed by atoms with Crippen LogP contribution in [0, 0.1) is 12.7 Å². The molecule has 0 spiro atoms. The van der Waals surface area contributed by atoms with Gasteiger partial charge in [-0.2, -0.15) is 0 Å². The molecule has 0 saturated carbocycles. The molecule has 0 aromatic heterocycles. The van der Waals surface area contributed by atoms with Crippen LogP contribution >= 0.6 is 11.6 Å². The number of nitrogens with zero attached hydrogens (tertiary/aromatic N) is 1. The molecule has 1 aliphatic heterocycles. The van der Waals surface area contributed by atoms with E-state index < -0.39 is 29.6 Å². The van der Waals surface area contributed by atoms with E-state index in [1.165, 1.54) is 55.7 Å². The van der Waals surface area contributed by atoms with E-state index in [4.69, 9.17) is 21.1 Å². The number of halogens is 2. The van der Waals surface area contributed by atoms with Gasteiger partial charge in [0.15, 0.2) is 18.1 Å². The maximum atomic E-state index is 13.1. The van der Waals surface area contributed by atoms with Crippen LogP contribution in [0.2, 0.25) is 5.02 Å². The van der Waals surface area contributed by atoms with Gasteiger partial charge in [-0.05, 0) is 72.7 Å². The molecule has 0 aliphatic carbocycles. The highest BCUT2D eigenvalue weighted by Crippen LogP contribution is 2.30. The van der Waals surface area contributed by atoms with Crippen molar-refractivity contribution in [2.75, 3.05) is 23.9 Å². The summed E-state index contributed by atoms with van der Waals surface area (Å²) < 4.78 is 23.9. The molecule has 5 amide bonds. The second-order valence-corrected chi connectivity index (χ2v) is 8.55. The Hall–Kier alpha value is -4.70. The average Bonchev–Trinajstić information content (AvgIpc) is 2.89. The lowest BCUT2D eigenvalue weighted by Gasteiger charge is -2.26. The minimum Gasteiger partial charge on any atom is -0.493 e. The Morgan fingerprint density at radius 1 is 1.05 bits per heavy atom. The minimum atomic E-state index is -0.891. The van der Waals surface area contributed by atoms with Gasteiger partial charge >= 0.3 is 6.03 Å². The van der Waals surface area contributed by atoms with Crippen molar-refractivity contribution in [2.45, 2.75) is 6.92 Å². The number of nitrogens with one attached hydrogen (secondary N) is 2. The fourth-order valence-corrected chi connectivity index (χ4v) is 3.72. The molecule has 0 unspecified atom stereocenters. The van der Waals surface area contributed by atoms with Gasteiger partial charge in [0.05, 0.1) is 12.8 Å². The molecule has 38 heavy (non-hydrogen) atoms. The third-order valence-corrected chi connectivity index (χ3v) is 5.91. The normalized spacial score (nSPS) is 14.4. The smallest absolute Gasteiger partial charge is 0.335 e. The van der Waals surface area contributed by atoms with E-state index in [0.717, 1.165) is 10.5 Å². The van der Waals surface area contributed by atoms with Gasteiger partial charge < -0.3 is 14.8 Å². The number of carbonyl (C=O) groups excluding carboxylic acids is 4. The third kappa shape index (κ3) is 5.81. The number of ether oxygens (including phenoxy) is 2. The summed E-state index contributed by atoms with van der Waals surface area (Å²) in [6.07, 6.45) is 1.31. The van der Waals surface area contributed by atoms with Crippen molar-refractivity contribution < 1.29 is 33.0 Å². The van der Waals surface area contributed by atoms with E-state index in [2.05, 4.69) is 10.6 Å². The Morgan fingerprint density at radius 2 is 1.79 bits per heavy atom. The second kappa shape index (κ2) is 11.1. The van der Waals surface area contributed by atoms with Crippen molar-refractivity contribution in [1.82, 2.24) is 5.32 Å². The predicted octanol–water partition coefficient (Wildman–Crippen LogP) is 4.48. The Bertz CT molecular complexity index is 1470. The quantitative estimate of drug-likeness (QED) is 0.339. The van der Waals surface area contributed by atoms with Crippen molar-refractivity contribution in [3.8, 4) is 11.5 Å². The van der Waals surface area contributed by atoms with Crippen LogP contribution in [0.1, 0.15) is 11.1 Å². The van der Waals surface area contributed by atoms with Gasteiger partial charge in [-0.3, -0.25) is 19.7 Å². The zero-order chi connectivity index (χ0) is 27.4. The van der Waals surface area contributed by atoms with Gasteiger partial charge in [0.2, 0.25) is 0 Å². The SMILES string of the molecule is COc1cc(/C=C2\C(=O)NC(=O)N(c3ccc(C)c(Cl)c3)C2=O)ccc1OCC(=O)Nc1ccc(F)cc1. The minimum absolute atomic E-state index is 0.210. The average molecular weight is 538 g/mol. The van der Waals surface area contributed by atoms with Gasteiger partial charge in [0, 0.05) is 10.7 Å². The highest BCUT2D eigenvalue weighted by Gasteiger charge is 2.37. The number of hydrogen-bond acceptors (Lipinski definition) is 6. The lowest BCUT2D eigenvalue weighted by molar-refractivity contribution is -0.122. The van der Waals surface area contributed by atoms with Crippen LogP contribution in [0.15, 0.2) is 66.2 Å². The van der Waals surface area contributed by atoms with E-state index in [-0.39, 0.29) is 29.4 Å². The molecule has 1 heterocycles. The summed E-state index contributed by atoms with van der Waals surface area (Å²) in [5, 5.41) is 5.09. The van der Waals surface area contributed by atoms with Crippen molar-refractivity contribution in [1.29, 1.82) is 0 Å². The fourth-order valence-electron chi connectivity index (χ4n) is 3.55. The van der Waals surface area contributed by atoms with Gasteiger partial charge in [-0.1, -0.05) is 23.7 Å². The number of carbonyl (C=O) groups is 4. The molecule has 0 radical (unpaired) electrons. The number of urea groups is 1. The van der Waals surface area contributed by atoms with Crippen LogP contribution in [0.5, 0.6) is 11.5 Å². The number of hydrogen-bond donors (Lipinski definition) is 2. The number of benzene rings is 3. The number of barbiturate groups is 1. The first-order valence-corrected chi connectivity index (χ1v) is 11.6. The monoisotopic (exact) mass is 537 g/mol. The zero-order valence-electron chi connectivity index (χ0n) is 20.2. The summed E-state index contributed by atoms with van der Waals surface area (Å²) >= 11 is 6.15. The molecule has 1 saturated heterocycles. The Kier molecular flexibility index (Phi) is 7.73. The molecule has 1 fully saturated rings. The summed E-state index contributed by atoms with van der Waals surface area (Å²) in [6.45, 7) is 1.42. The molecule has 11 heteroatoms. The van der Waals surface area contributed by atoms with Crippen molar-refractivity contribution in [3.63, 3.8) is 0 Å². The van der Waals surface area contributed by atoms with Gasteiger partial charge in [0.1, 0.15) is 11.4 Å². The van der Waals surface area contributed by atoms with E-state index in [0.29, 0.717) is 16.3 Å². The number of anilines is 2. The van der Waals surface area contributed by atoms with E-state index >= 15 is 0 Å². The number of imide groups is 2. The fraction of sp³-hybridized carbons (Fsp3) is 0.111. The molecule has 194 valence electrons. The number of amides is 5. The van der Waals surface area contributed by atoms with Crippen molar-refractivity contribution in [3.05, 3.63) is 88.2 Å². The van der Waals surface area contributed by atoms with Crippen LogP contribution in [0.3, 0.4) is 0 Å². The molecule has 9 nitrogen and oxygen atoms in total. The number of methoxy groups -OCH3 is 1. The van der Waals surface area contributed by atoms with Crippen LogP contribution < -0.4 is 25.0 Å². The van der Waals surface area contributed by atoms with Crippen LogP contribution in [-0.4, -0.2) is 37.5 Å². The first-order valence-electron chi connectivity index (χ1n) is 11.2. The van der Waals surface area contributed by atoms with Gasteiger partial charge in [-0.25, -0.2) is 14.1 Å². The van der Waals surface area contributed by atoms with Gasteiger partial charge in [0.25, 0.3) is 17.7 Å². The lowest BCUT2D eigenvalue weighted by atomic mass is 10.1. The molecule has 4 rings (SSSR count). The maximum Gasteiger partial charge on any atom is 0.335 e. The van der Waals surface area contributed by atoms with Crippen LogP contribution in [0.4, 0.5) is 20.6 Å². The molecule has 0 atom stereocenters. The molecule has 3 aromatic rings. The van der Waals surface area contributed by atoms with E-state index in [1.807, 2.05) is 0 Å².